The zero-order valence-electron chi connectivity index (χ0n) is 30.4. The largest absolute Gasteiger partial charge is 0.416 e. The maximum absolute atomic E-state index is 14.3. The predicted molar refractivity (Wildman–Crippen MR) is 189 cm³/mol. The molecule has 3 aliphatic rings. The van der Waals surface area contributed by atoms with Crippen molar-refractivity contribution >= 4 is 5.91 Å². The van der Waals surface area contributed by atoms with E-state index in [1.807, 2.05) is 46.8 Å². The third-order valence-corrected chi connectivity index (χ3v) is 11.0. The number of ether oxygens (including phenoxy) is 1. The number of aromatic nitrogens is 1. The van der Waals surface area contributed by atoms with E-state index < -0.39 is 41.6 Å². The number of morpholine rings is 1. The number of fused-ring (bicyclic) bond motifs is 3. The predicted octanol–water partition coefficient (Wildman–Crippen LogP) is 6.33. The van der Waals surface area contributed by atoms with Gasteiger partial charge in [0.2, 0.25) is 5.91 Å². The first kappa shape index (κ1) is 38.2. The van der Waals surface area contributed by atoms with Crippen LogP contribution in [-0.2, 0) is 35.0 Å². The molecule has 3 heterocycles. The SMILES string of the molecule is Cc1cc(F)cc(C)c1-c1cc([C@H](CC(O)O)NC(=O)[C@H](CC(C)C)n2cc(CCN3C[C@]4(C)C[C@H]3CO4)c(C(F)(F)F)cc2=O)cc2c1CCC2. The van der Waals surface area contributed by atoms with Crippen molar-refractivity contribution in [1.82, 2.24) is 14.8 Å². The third-order valence-electron chi connectivity index (χ3n) is 11.0. The molecule has 3 N–H and O–H groups in total. The number of carbonyl (C=O) groups excluding carboxylic acids is 1. The molecular formula is C40H49F4N3O5. The number of carbonyl (C=O) groups is 1. The number of aryl methyl sites for hydroxylation is 3. The second kappa shape index (κ2) is 14.7. The van der Waals surface area contributed by atoms with E-state index >= 15 is 0 Å². The highest BCUT2D eigenvalue weighted by Gasteiger charge is 2.47. The van der Waals surface area contributed by atoms with Gasteiger partial charge in [0.25, 0.3) is 5.56 Å². The van der Waals surface area contributed by atoms with E-state index in [-0.39, 0.29) is 48.2 Å². The van der Waals surface area contributed by atoms with Gasteiger partial charge in [-0.25, -0.2) is 4.39 Å². The van der Waals surface area contributed by atoms with Crippen molar-refractivity contribution in [2.75, 3.05) is 19.7 Å². The number of benzene rings is 2. The van der Waals surface area contributed by atoms with Crippen molar-refractivity contribution in [3.8, 4) is 11.1 Å². The number of amides is 1. The van der Waals surface area contributed by atoms with Crippen molar-refractivity contribution in [3.05, 3.63) is 91.6 Å². The van der Waals surface area contributed by atoms with E-state index in [4.69, 9.17) is 4.74 Å². The van der Waals surface area contributed by atoms with E-state index in [0.717, 1.165) is 63.6 Å². The molecule has 4 atom stereocenters. The molecule has 2 aliphatic heterocycles. The minimum atomic E-state index is -4.77. The van der Waals surface area contributed by atoms with E-state index in [9.17, 15) is 37.4 Å². The number of nitrogens with one attached hydrogen (secondary N) is 1. The second-order valence-corrected chi connectivity index (χ2v) is 15.7. The number of nitrogens with zero attached hydrogens (tertiary/aromatic N) is 2. The van der Waals surface area contributed by atoms with Gasteiger partial charge in [0.15, 0.2) is 6.29 Å². The Morgan fingerprint density at radius 3 is 2.38 bits per heavy atom. The van der Waals surface area contributed by atoms with Crippen LogP contribution in [-0.4, -0.2) is 63.2 Å². The summed E-state index contributed by atoms with van der Waals surface area (Å²) in [6.45, 7) is 10.9. The van der Waals surface area contributed by atoms with Crippen LogP contribution in [0.1, 0.15) is 97.5 Å². The zero-order valence-corrected chi connectivity index (χ0v) is 30.4. The van der Waals surface area contributed by atoms with Gasteiger partial charge in [-0.05, 0) is 128 Å². The summed E-state index contributed by atoms with van der Waals surface area (Å²) < 4.78 is 64.2. The van der Waals surface area contributed by atoms with Crippen LogP contribution in [0.4, 0.5) is 17.6 Å². The number of aliphatic hydroxyl groups excluding tert-OH is 1. The Morgan fingerprint density at radius 2 is 1.79 bits per heavy atom. The molecule has 2 bridgehead atoms. The van der Waals surface area contributed by atoms with E-state index in [0.29, 0.717) is 31.3 Å². The minimum Gasteiger partial charge on any atom is -0.372 e. The number of rotatable bonds is 12. The van der Waals surface area contributed by atoms with Gasteiger partial charge >= 0.3 is 6.18 Å². The number of hydrogen-bond donors (Lipinski definition) is 3. The maximum Gasteiger partial charge on any atom is 0.416 e. The van der Waals surface area contributed by atoms with Crippen LogP contribution in [0.5, 0.6) is 0 Å². The van der Waals surface area contributed by atoms with Crippen LogP contribution in [0, 0.1) is 25.6 Å². The molecule has 12 heteroatoms. The highest BCUT2D eigenvalue weighted by molar-refractivity contribution is 5.81. The average molecular weight is 728 g/mol. The van der Waals surface area contributed by atoms with Gasteiger partial charge < -0.3 is 24.8 Å². The van der Waals surface area contributed by atoms with Gasteiger partial charge in [-0.15, -0.1) is 0 Å². The van der Waals surface area contributed by atoms with E-state index in [1.54, 1.807) is 0 Å². The van der Waals surface area contributed by atoms with Gasteiger partial charge in [0.1, 0.15) is 11.9 Å². The first-order valence-corrected chi connectivity index (χ1v) is 18.2. The summed E-state index contributed by atoms with van der Waals surface area (Å²) in [5, 5.41) is 23.3. The monoisotopic (exact) mass is 727 g/mol. The lowest BCUT2D eigenvalue weighted by Gasteiger charge is -2.31. The summed E-state index contributed by atoms with van der Waals surface area (Å²) in [5.74, 6) is -1.08. The summed E-state index contributed by atoms with van der Waals surface area (Å²) in [4.78, 5) is 29.9. The number of alkyl halides is 3. The molecule has 2 fully saturated rings. The fourth-order valence-corrected chi connectivity index (χ4v) is 8.68. The summed E-state index contributed by atoms with van der Waals surface area (Å²) in [6, 6.07) is 5.44. The van der Waals surface area contributed by atoms with Gasteiger partial charge in [-0.1, -0.05) is 19.9 Å². The smallest absolute Gasteiger partial charge is 0.372 e. The zero-order chi connectivity index (χ0) is 37.7. The Bertz CT molecular complexity index is 1870. The summed E-state index contributed by atoms with van der Waals surface area (Å²) in [7, 11) is 0. The molecule has 3 aromatic rings. The average Bonchev–Trinajstić information content (AvgIpc) is 3.75. The Morgan fingerprint density at radius 1 is 1.08 bits per heavy atom. The van der Waals surface area contributed by atoms with E-state index in [2.05, 4.69) is 10.2 Å². The number of aliphatic hydroxyl groups is 2. The van der Waals surface area contributed by atoms with Gasteiger partial charge in [-0.2, -0.15) is 13.2 Å². The first-order valence-electron chi connectivity index (χ1n) is 18.2. The third kappa shape index (κ3) is 8.00. The number of pyridine rings is 1. The molecule has 8 nitrogen and oxygen atoms in total. The molecule has 52 heavy (non-hydrogen) atoms. The number of likely N-dealkylation sites (tertiary alicyclic amines) is 1. The Balaban J connectivity index is 1.35. The van der Waals surface area contributed by atoms with Crippen LogP contribution in [0.25, 0.3) is 11.1 Å². The van der Waals surface area contributed by atoms with Crippen molar-refractivity contribution in [2.45, 2.75) is 116 Å². The Labute approximate surface area is 301 Å². The van der Waals surface area contributed by atoms with Crippen molar-refractivity contribution < 1.29 is 37.3 Å². The van der Waals surface area contributed by atoms with Crippen LogP contribution in [0.3, 0.4) is 0 Å². The molecule has 0 radical (unpaired) electrons. The van der Waals surface area contributed by atoms with Gasteiger partial charge in [0.05, 0.1) is 23.8 Å². The Hall–Kier alpha value is -3.58. The minimum absolute atomic E-state index is 0.0250. The normalized spacial score (nSPS) is 21.3. The van der Waals surface area contributed by atoms with Gasteiger partial charge in [0, 0.05) is 37.8 Å². The lowest BCUT2D eigenvalue weighted by Crippen LogP contribution is -2.42. The second-order valence-electron chi connectivity index (χ2n) is 15.7. The Kier molecular flexibility index (Phi) is 10.8. The maximum atomic E-state index is 14.3. The number of hydrogen-bond acceptors (Lipinski definition) is 6. The van der Waals surface area contributed by atoms with Crippen molar-refractivity contribution in [2.24, 2.45) is 5.92 Å². The molecule has 0 unspecified atom stereocenters. The molecule has 1 aromatic heterocycles. The molecular weight excluding hydrogens is 678 g/mol. The molecule has 0 saturated carbocycles. The lowest BCUT2D eigenvalue weighted by atomic mass is 9.87. The highest BCUT2D eigenvalue weighted by Crippen LogP contribution is 2.40. The fourth-order valence-electron chi connectivity index (χ4n) is 8.68. The molecule has 6 rings (SSSR count). The summed E-state index contributed by atoms with van der Waals surface area (Å²) in [6.07, 6.45) is -2.15. The quantitative estimate of drug-likeness (QED) is 0.149. The lowest BCUT2D eigenvalue weighted by molar-refractivity contribution is -0.138. The summed E-state index contributed by atoms with van der Waals surface area (Å²) >= 11 is 0. The van der Waals surface area contributed by atoms with E-state index in [1.165, 1.54) is 18.3 Å². The molecule has 2 saturated heterocycles. The van der Waals surface area contributed by atoms with Crippen LogP contribution >= 0.6 is 0 Å². The van der Waals surface area contributed by atoms with Crippen molar-refractivity contribution in [1.29, 1.82) is 0 Å². The standard InChI is InChI=1S/C40H49F4N3O5/c1-22(2)11-34(47-19-26(32(16-35(47)48)40(42,43)44)9-10-46-21-39(5)18-29(46)20-52-39)38(51)45-33(17-36(49)50)27-14-25-7-6-8-30(25)31(15-27)37-23(3)12-28(41)13-24(37)4/h12-16,19,22,29,33-34,36,49-50H,6-11,17-18,20-21H2,1-5H3,(H,45,51)/t29-,33-,34-,39-/m0/s1. The van der Waals surface area contributed by atoms with Gasteiger partial charge in [-0.3, -0.25) is 14.5 Å². The first-order chi connectivity index (χ1) is 24.4. The van der Waals surface area contributed by atoms with Crippen LogP contribution < -0.4 is 10.9 Å². The highest BCUT2D eigenvalue weighted by atomic mass is 19.4. The van der Waals surface area contributed by atoms with Crippen LogP contribution in [0.15, 0.2) is 41.3 Å². The molecule has 282 valence electrons. The molecule has 0 spiro atoms. The number of halogens is 4. The topological polar surface area (TPSA) is 104 Å². The molecule has 2 aromatic carbocycles. The van der Waals surface area contributed by atoms with Crippen LogP contribution in [0.2, 0.25) is 0 Å². The fraction of sp³-hybridized carbons (Fsp3) is 0.550. The molecule has 1 amide bonds. The molecule has 1 aliphatic carbocycles. The summed E-state index contributed by atoms with van der Waals surface area (Å²) in [5.41, 5.74) is 3.72. The van der Waals surface area contributed by atoms with Crippen molar-refractivity contribution in [3.63, 3.8) is 0 Å².